The molecule has 0 spiro atoms. The van der Waals surface area contributed by atoms with Crippen molar-refractivity contribution in [2.45, 2.75) is 11.9 Å². The molecule has 2 aromatic rings. The molecule has 3 heterocycles. The molecule has 0 N–H and O–H groups in total. The topological polar surface area (TPSA) is 41.9 Å². The Labute approximate surface area is 136 Å². The van der Waals surface area contributed by atoms with Gasteiger partial charge in [0.05, 0.1) is 12.3 Å². The quantitative estimate of drug-likeness (QED) is 0.752. The molecule has 22 heavy (non-hydrogen) atoms. The van der Waals surface area contributed by atoms with E-state index in [4.69, 9.17) is 4.84 Å². The summed E-state index contributed by atoms with van der Waals surface area (Å²) in [6.45, 7) is 0.626. The van der Waals surface area contributed by atoms with E-state index < -0.39 is 0 Å². The van der Waals surface area contributed by atoms with Crippen LogP contribution in [0.5, 0.6) is 0 Å². The summed E-state index contributed by atoms with van der Waals surface area (Å²) in [4.78, 5) is 20.8. The molecule has 0 aliphatic carbocycles. The van der Waals surface area contributed by atoms with Crippen LogP contribution in [-0.2, 0) is 11.4 Å². The maximum Gasteiger partial charge on any atom is 0.255 e. The Morgan fingerprint density at radius 2 is 2.14 bits per heavy atom. The number of benzene rings is 1. The summed E-state index contributed by atoms with van der Waals surface area (Å²) in [6.07, 6.45) is 0. The Kier molecular flexibility index (Phi) is 3.43. The van der Waals surface area contributed by atoms with Gasteiger partial charge in [0.25, 0.3) is 5.91 Å². The highest BCUT2D eigenvalue weighted by atomic mass is 32.2. The second kappa shape index (κ2) is 5.44. The monoisotopic (exact) mass is 330 g/mol. The Morgan fingerprint density at radius 3 is 3.00 bits per heavy atom. The summed E-state index contributed by atoms with van der Waals surface area (Å²) in [6, 6.07) is 9.95. The van der Waals surface area contributed by atoms with Crippen molar-refractivity contribution in [1.82, 2.24) is 4.90 Å². The molecule has 0 saturated carbocycles. The van der Waals surface area contributed by atoms with E-state index in [0.717, 1.165) is 28.2 Å². The first kappa shape index (κ1) is 13.8. The van der Waals surface area contributed by atoms with Gasteiger partial charge in [-0.05, 0) is 23.1 Å². The van der Waals surface area contributed by atoms with Crippen molar-refractivity contribution < 1.29 is 9.63 Å². The van der Waals surface area contributed by atoms with Crippen molar-refractivity contribution >= 4 is 34.7 Å². The van der Waals surface area contributed by atoms with E-state index in [9.17, 15) is 4.79 Å². The lowest BCUT2D eigenvalue weighted by Crippen LogP contribution is -2.29. The minimum atomic E-state index is 0.0565. The third-order valence-electron chi connectivity index (χ3n) is 3.95. The van der Waals surface area contributed by atoms with E-state index in [1.54, 1.807) is 30.2 Å². The summed E-state index contributed by atoms with van der Waals surface area (Å²) in [5.41, 5.74) is 3.97. The van der Waals surface area contributed by atoms with Gasteiger partial charge in [0.1, 0.15) is 12.5 Å². The Hall–Kier alpha value is -1.79. The fourth-order valence-corrected chi connectivity index (χ4v) is 5.12. The molecule has 4 rings (SSSR count). The fourth-order valence-electron chi connectivity index (χ4n) is 2.97. The number of carbonyl (C=O) groups is 1. The van der Waals surface area contributed by atoms with E-state index >= 15 is 0 Å². The minimum Gasteiger partial charge on any atom is -0.399 e. The molecular formula is C16H14N2O2S2. The smallest absolute Gasteiger partial charge is 0.255 e. The average Bonchev–Trinajstić information content (AvgIpc) is 3.07. The van der Waals surface area contributed by atoms with E-state index in [1.165, 1.54) is 4.88 Å². The lowest BCUT2D eigenvalue weighted by Gasteiger charge is -2.27. The molecule has 6 heteroatoms. The fraction of sp³-hybridized carbons (Fsp3) is 0.250. The van der Waals surface area contributed by atoms with Crippen LogP contribution < -0.4 is 0 Å². The second-order valence-corrected chi connectivity index (χ2v) is 7.23. The maximum atomic E-state index is 12.7. The first-order valence-corrected chi connectivity index (χ1v) is 8.90. The van der Waals surface area contributed by atoms with Crippen LogP contribution in [0.2, 0.25) is 0 Å². The second-order valence-electron chi connectivity index (χ2n) is 5.16. The first-order chi connectivity index (χ1) is 10.8. The van der Waals surface area contributed by atoms with Gasteiger partial charge in [-0.15, -0.1) is 23.1 Å². The van der Waals surface area contributed by atoms with Gasteiger partial charge in [-0.2, -0.15) is 0 Å². The molecule has 1 aromatic carbocycles. The highest BCUT2D eigenvalue weighted by Crippen LogP contribution is 2.44. The summed E-state index contributed by atoms with van der Waals surface area (Å²) < 4.78 is 0. The highest BCUT2D eigenvalue weighted by molar-refractivity contribution is 8.00. The lowest BCUT2D eigenvalue weighted by atomic mass is 10.1. The zero-order valence-corrected chi connectivity index (χ0v) is 13.6. The SMILES string of the molecule is CO/N=C1/CS[C@@H]2c3ccccc3C(=O)N2Cc2sccc21. The number of nitrogens with zero attached hydrogens (tertiary/aromatic N) is 2. The van der Waals surface area contributed by atoms with Crippen molar-refractivity contribution in [3.63, 3.8) is 0 Å². The lowest BCUT2D eigenvalue weighted by molar-refractivity contribution is 0.0763. The van der Waals surface area contributed by atoms with Crippen LogP contribution in [0.1, 0.15) is 31.7 Å². The van der Waals surface area contributed by atoms with Crippen LogP contribution in [0.4, 0.5) is 0 Å². The standard InChI is InChI=1S/C16H14N2O2S2/c1-20-17-13-9-22-16-11-5-3-2-4-10(11)15(19)18(16)8-14-12(13)6-7-21-14/h2-7,16H,8-9H2,1H3/b17-13-/t16-/m1/s1. The van der Waals surface area contributed by atoms with E-state index in [2.05, 4.69) is 22.7 Å². The summed E-state index contributed by atoms with van der Waals surface area (Å²) in [5, 5.41) is 6.29. The number of hydrogen-bond acceptors (Lipinski definition) is 5. The van der Waals surface area contributed by atoms with Crippen molar-refractivity contribution in [3.8, 4) is 0 Å². The Morgan fingerprint density at radius 1 is 1.27 bits per heavy atom. The number of thiophene rings is 1. The van der Waals surface area contributed by atoms with Crippen LogP contribution in [-0.4, -0.2) is 29.4 Å². The van der Waals surface area contributed by atoms with E-state index in [-0.39, 0.29) is 11.3 Å². The van der Waals surface area contributed by atoms with Crippen molar-refractivity contribution in [1.29, 1.82) is 0 Å². The Bertz CT molecular complexity index is 769. The van der Waals surface area contributed by atoms with Gasteiger partial charge in [-0.3, -0.25) is 4.79 Å². The molecule has 1 atom stereocenters. The number of oxime groups is 1. The molecule has 2 aliphatic heterocycles. The van der Waals surface area contributed by atoms with Crippen LogP contribution >= 0.6 is 23.1 Å². The predicted octanol–water partition coefficient (Wildman–Crippen LogP) is 3.50. The van der Waals surface area contributed by atoms with Gasteiger partial charge >= 0.3 is 0 Å². The molecule has 0 bridgehead atoms. The van der Waals surface area contributed by atoms with Gasteiger partial charge in [0.15, 0.2) is 0 Å². The van der Waals surface area contributed by atoms with Gasteiger partial charge in [-0.25, -0.2) is 0 Å². The Balaban J connectivity index is 1.80. The molecule has 4 nitrogen and oxygen atoms in total. The van der Waals surface area contributed by atoms with Gasteiger partial charge < -0.3 is 9.74 Å². The average molecular weight is 330 g/mol. The largest absolute Gasteiger partial charge is 0.399 e. The number of carbonyl (C=O) groups excluding carboxylic acids is 1. The maximum absolute atomic E-state index is 12.7. The normalized spacial score (nSPS) is 21.9. The predicted molar refractivity (Wildman–Crippen MR) is 89.4 cm³/mol. The van der Waals surface area contributed by atoms with Gasteiger partial charge in [0.2, 0.25) is 0 Å². The number of rotatable bonds is 1. The van der Waals surface area contributed by atoms with Crippen LogP contribution in [0.3, 0.4) is 0 Å². The minimum absolute atomic E-state index is 0.0565. The van der Waals surface area contributed by atoms with Gasteiger partial charge in [-0.1, -0.05) is 23.4 Å². The van der Waals surface area contributed by atoms with Crippen molar-refractivity contribution in [3.05, 3.63) is 57.3 Å². The zero-order valence-electron chi connectivity index (χ0n) is 12.0. The summed E-state index contributed by atoms with van der Waals surface area (Å²) in [7, 11) is 1.57. The molecule has 0 fully saturated rings. The van der Waals surface area contributed by atoms with Crippen LogP contribution in [0, 0.1) is 0 Å². The molecule has 112 valence electrons. The van der Waals surface area contributed by atoms with Crippen molar-refractivity contribution in [2.75, 3.05) is 12.9 Å². The molecule has 0 radical (unpaired) electrons. The van der Waals surface area contributed by atoms with Crippen LogP contribution in [0.15, 0.2) is 40.9 Å². The highest BCUT2D eigenvalue weighted by Gasteiger charge is 2.38. The van der Waals surface area contributed by atoms with Gasteiger partial charge in [0, 0.05) is 21.8 Å². The molecule has 0 saturated heterocycles. The molecule has 0 unspecified atom stereocenters. The molecule has 2 aliphatic rings. The van der Waals surface area contributed by atoms with E-state index in [0.29, 0.717) is 6.54 Å². The van der Waals surface area contributed by atoms with E-state index in [1.807, 2.05) is 23.1 Å². The number of thioether (sulfide) groups is 1. The van der Waals surface area contributed by atoms with Crippen LogP contribution in [0.25, 0.3) is 0 Å². The summed E-state index contributed by atoms with van der Waals surface area (Å²) in [5.74, 6) is 0.847. The molecular weight excluding hydrogens is 316 g/mol. The molecule has 1 aromatic heterocycles. The molecule has 1 amide bonds. The first-order valence-electron chi connectivity index (χ1n) is 6.98. The third kappa shape index (κ3) is 2.06. The van der Waals surface area contributed by atoms with Crippen molar-refractivity contribution in [2.24, 2.45) is 5.16 Å². The number of fused-ring (bicyclic) bond motifs is 4. The third-order valence-corrected chi connectivity index (χ3v) is 6.12. The number of hydrogen-bond donors (Lipinski definition) is 0. The summed E-state index contributed by atoms with van der Waals surface area (Å²) >= 11 is 3.40. The number of amides is 1. The zero-order chi connectivity index (χ0) is 15.1.